The van der Waals surface area contributed by atoms with Gasteiger partial charge in [-0.05, 0) is 31.1 Å². The molecule has 1 aliphatic carbocycles. The van der Waals surface area contributed by atoms with Gasteiger partial charge in [0.15, 0.2) is 5.76 Å². The zero-order valence-electron chi connectivity index (χ0n) is 9.86. The van der Waals surface area contributed by atoms with Crippen molar-refractivity contribution in [3.05, 3.63) is 22.2 Å². The van der Waals surface area contributed by atoms with Crippen LogP contribution in [-0.4, -0.2) is 17.3 Å². The smallest absolute Gasteiger partial charge is 0.259 e. The number of nitrogens with two attached hydrogens (primary N) is 1. The maximum atomic E-state index is 11.5. The molecule has 6 heteroatoms. The van der Waals surface area contributed by atoms with Crippen molar-refractivity contribution in [3.8, 4) is 11.3 Å². The fourth-order valence-electron chi connectivity index (χ4n) is 2.35. The Morgan fingerprint density at radius 1 is 1.56 bits per heavy atom. The maximum Gasteiger partial charge on any atom is 0.259 e. The van der Waals surface area contributed by atoms with Crippen LogP contribution in [0.3, 0.4) is 0 Å². The standard InChI is InChI=1S/C12H12N2O2S2/c1-17-12-8-7(10(18-12)11(13)15)4-2-3-6-5-14-16-9(6)8/h5H,2-4H2,1H3,(H2,13,15). The van der Waals surface area contributed by atoms with Crippen molar-refractivity contribution < 1.29 is 9.32 Å². The Hall–Kier alpha value is -1.27. The molecule has 0 aliphatic heterocycles. The average molecular weight is 280 g/mol. The molecule has 0 saturated heterocycles. The van der Waals surface area contributed by atoms with Crippen LogP contribution in [-0.2, 0) is 12.8 Å². The van der Waals surface area contributed by atoms with E-state index in [1.807, 2.05) is 6.26 Å². The molecule has 18 heavy (non-hydrogen) atoms. The van der Waals surface area contributed by atoms with Gasteiger partial charge >= 0.3 is 0 Å². The summed E-state index contributed by atoms with van der Waals surface area (Å²) in [6.45, 7) is 0. The Morgan fingerprint density at radius 2 is 2.39 bits per heavy atom. The van der Waals surface area contributed by atoms with Crippen molar-refractivity contribution >= 4 is 29.0 Å². The number of primary amides is 1. The van der Waals surface area contributed by atoms with Crippen LogP contribution >= 0.6 is 23.1 Å². The van der Waals surface area contributed by atoms with Crippen LogP contribution in [0.5, 0.6) is 0 Å². The number of hydrogen-bond donors (Lipinski definition) is 1. The molecule has 94 valence electrons. The number of amides is 1. The van der Waals surface area contributed by atoms with E-state index in [9.17, 15) is 4.79 Å². The number of fused-ring (bicyclic) bond motifs is 3. The van der Waals surface area contributed by atoms with Gasteiger partial charge in [-0.25, -0.2) is 0 Å². The molecule has 2 heterocycles. The quantitative estimate of drug-likeness (QED) is 0.859. The molecule has 2 N–H and O–H groups in total. The van der Waals surface area contributed by atoms with Gasteiger partial charge in [0.25, 0.3) is 5.91 Å². The number of aromatic nitrogens is 1. The van der Waals surface area contributed by atoms with Crippen LogP contribution in [0.25, 0.3) is 11.3 Å². The van der Waals surface area contributed by atoms with Crippen LogP contribution in [0, 0.1) is 0 Å². The Morgan fingerprint density at radius 3 is 3.11 bits per heavy atom. The number of aryl methyl sites for hydroxylation is 1. The molecule has 0 atom stereocenters. The first-order valence-electron chi connectivity index (χ1n) is 5.65. The molecular formula is C12H12N2O2S2. The fraction of sp³-hybridized carbons (Fsp3) is 0.333. The third kappa shape index (κ3) is 1.67. The summed E-state index contributed by atoms with van der Waals surface area (Å²) in [5.74, 6) is 0.468. The van der Waals surface area contributed by atoms with Crippen LogP contribution in [0.2, 0.25) is 0 Å². The molecule has 3 rings (SSSR count). The van der Waals surface area contributed by atoms with Gasteiger partial charge in [-0.2, -0.15) is 0 Å². The summed E-state index contributed by atoms with van der Waals surface area (Å²) in [7, 11) is 0. The number of thiophene rings is 1. The maximum absolute atomic E-state index is 11.5. The van der Waals surface area contributed by atoms with Crippen molar-refractivity contribution in [3.63, 3.8) is 0 Å². The van der Waals surface area contributed by atoms with Crippen molar-refractivity contribution in [1.29, 1.82) is 0 Å². The molecule has 0 bridgehead atoms. The van der Waals surface area contributed by atoms with Gasteiger partial charge in [-0.1, -0.05) is 5.16 Å². The number of thioether (sulfide) groups is 1. The highest BCUT2D eigenvalue weighted by molar-refractivity contribution is 8.00. The highest BCUT2D eigenvalue weighted by atomic mass is 32.2. The summed E-state index contributed by atoms with van der Waals surface area (Å²) in [5, 5.41) is 3.88. The largest absolute Gasteiger partial charge is 0.365 e. The zero-order valence-corrected chi connectivity index (χ0v) is 11.5. The third-order valence-corrected chi connectivity index (χ3v) is 5.49. The SMILES string of the molecule is CSc1sc(C(N)=O)c2c1-c1oncc1CCC2. The van der Waals surface area contributed by atoms with Gasteiger partial charge in [-0.3, -0.25) is 4.79 Å². The lowest BCUT2D eigenvalue weighted by Crippen LogP contribution is -2.11. The second-order valence-electron chi connectivity index (χ2n) is 4.17. The molecule has 0 aromatic carbocycles. The molecule has 0 radical (unpaired) electrons. The van der Waals surface area contributed by atoms with Crippen molar-refractivity contribution in [2.75, 3.05) is 6.26 Å². The molecule has 2 aromatic rings. The summed E-state index contributed by atoms with van der Waals surface area (Å²) >= 11 is 3.08. The van der Waals surface area contributed by atoms with Gasteiger partial charge in [0.2, 0.25) is 0 Å². The average Bonchev–Trinajstić information content (AvgIpc) is 2.90. The number of nitrogens with zero attached hydrogens (tertiary/aromatic N) is 1. The highest BCUT2D eigenvalue weighted by Gasteiger charge is 2.28. The lowest BCUT2D eigenvalue weighted by Gasteiger charge is -2.00. The Labute approximate surface area is 113 Å². The summed E-state index contributed by atoms with van der Waals surface area (Å²) in [5.41, 5.74) is 8.66. The lowest BCUT2D eigenvalue weighted by atomic mass is 10.1. The zero-order chi connectivity index (χ0) is 12.7. The molecule has 4 nitrogen and oxygen atoms in total. The van der Waals surface area contributed by atoms with Gasteiger partial charge in [0.1, 0.15) is 0 Å². The minimum atomic E-state index is -0.348. The minimum absolute atomic E-state index is 0.348. The molecular weight excluding hydrogens is 268 g/mol. The van der Waals surface area contributed by atoms with Crippen molar-refractivity contribution in [2.24, 2.45) is 5.73 Å². The number of hydrogen-bond acceptors (Lipinski definition) is 5. The summed E-state index contributed by atoms with van der Waals surface area (Å²) in [4.78, 5) is 12.2. The predicted molar refractivity (Wildman–Crippen MR) is 72.1 cm³/mol. The van der Waals surface area contributed by atoms with E-state index in [1.54, 1.807) is 18.0 Å². The second kappa shape index (κ2) is 4.44. The summed E-state index contributed by atoms with van der Waals surface area (Å²) < 4.78 is 6.47. The molecule has 0 saturated carbocycles. The lowest BCUT2D eigenvalue weighted by molar-refractivity contribution is 0.100. The van der Waals surface area contributed by atoms with Gasteiger partial charge in [-0.15, -0.1) is 23.1 Å². The number of carbonyl (C=O) groups excluding carboxylic acids is 1. The molecule has 1 aliphatic rings. The van der Waals surface area contributed by atoms with E-state index in [1.165, 1.54) is 11.3 Å². The highest BCUT2D eigenvalue weighted by Crippen LogP contribution is 2.45. The molecule has 1 amide bonds. The Balaban J connectivity index is 2.30. The Bertz CT molecular complexity index is 616. The predicted octanol–water partition coefficient (Wildman–Crippen LogP) is 2.71. The van der Waals surface area contributed by atoms with Crippen LogP contribution in [0.4, 0.5) is 0 Å². The van der Waals surface area contributed by atoms with Gasteiger partial charge in [0.05, 0.1) is 15.3 Å². The first kappa shape index (κ1) is 11.8. The number of carbonyl (C=O) groups is 1. The first-order valence-corrected chi connectivity index (χ1v) is 7.70. The third-order valence-electron chi connectivity index (χ3n) is 3.13. The van der Waals surface area contributed by atoms with Gasteiger partial charge in [0, 0.05) is 11.1 Å². The van der Waals surface area contributed by atoms with E-state index in [2.05, 4.69) is 5.16 Å². The van der Waals surface area contributed by atoms with Crippen LogP contribution in [0.15, 0.2) is 14.9 Å². The van der Waals surface area contributed by atoms with E-state index in [0.717, 1.165) is 45.9 Å². The van der Waals surface area contributed by atoms with Crippen LogP contribution in [0.1, 0.15) is 27.2 Å². The van der Waals surface area contributed by atoms with E-state index in [-0.39, 0.29) is 5.91 Å². The van der Waals surface area contributed by atoms with E-state index in [0.29, 0.717) is 4.88 Å². The monoisotopic (exact) mass is 280 g/mol. The van der Waals surface area contributed by atoms with E-state index >= 15 is 0 Å². The molecule has 2 aromatic heterocycles. The molecule has 0 unspecified atom stereocenters. The van der Waals surface area contributed by atoms with Crippen molar-refractivity contribution in [1.82, 2.24) is 5.16 Å². The molecule has 0 spiro atoms. The number of rotatable bonds is 2. The molecule has 0 fully saturated rings. The van der Waals surface area contributed by atoms with Gasteiger partial charge < -0.3 is 10.3 Å². The van der Waals surface area contributed by atoms with E-state index in [4.69, 9.17) is 10.3 Å². The van der Waals surface area contributed by atoms with Crippen LogP contribution < -0.4 is 5.73 Å². The second-order valence-corrected chi connectivity index (χ2v) is 6.27. The first-order chi connectivity index (χ1) is 8.72. The Kier molecular flexibility index (Phi) is 2.91. The summed E-state index contributed by atoms with van der Waals surface area (Å²) in [6, 6.07) is 0. The normalized spacial score (nSPS) is 13.8. The minimum Gasteiger partial charge on any atom is -0.365 e. The van der Waals surface area contributed by atoms with Crippen molar-refractivity contribution in [2.45, 2.75) is 23.5 Å². The fourth-order valence-corrected chi connectivity index (χ4v) is 4.29. The van der Waals surface area contributed by atoms with E-state index < -0.39 is 0 Å². The summed E-state index contributed by atoms with van der Waals surface area (Å²) in [6.07, 6.45) is 6.57. The topological polar surface area (TPSA) is 69.1 Å².